The molecule has 0 atom stereocenters. The monoisotopic (exact) mass is 403 g/mol. The second-order valence-corrected chi connectivity index (χ2v) is 6.27. The number of hydrogen-bond donors (Lipinski definition) is 1. The molecule has 1 N–H and O–H groups in total. The third-order valence-corrected chi connectivity index (χ3v) is 4.39. The summed E-state index contributed by atoms with van der Waals surface area (Å²) in [5.74, 6) is 1.34. The van der Waals surface area contributed by atoms with Crippen LogP contribution in [0.15, 0.2) is 93.2 Å². The summed E-state index contributed by atoms with van der Waals surface area (Å²) in [6.45, 7) is 0. The highest BCUT2D eigenvalue weighted by atomic mass is 16.5. The van der Waals surface area contributed by atoms with Gasteiger partial charge in [0, 0.05) is 6.07 Å². The molecule has 0 spiro atoms. The van der Waals surface area contributed by atoms with Gasteiger partial charge in [-0.1, -0.05) is 36.4 Å². The third-order valence-electron chi connectivity index (χ3n) is 4.39. The molecule has 150 valence electrons. The van der Waals surface area contributed by atoms with Crippen LogP contribution in [-0.2, 0) is 0 Å². The highest BCUT2D eigenvalue weighted by Gasteiger charge is 2.15. The molecule has 0 fully saturated rings. The van der Waals surface area contributed by atoms with Crippen molar-refractivity contribution in [2.75, 3.05) is 7.11 Å². The molecule has 3 aromatic carbocycles. The Labute approximate surface area is 170 Å². The zero-order valence-electron chi connectivity index (χ0n) is 15.9. The molecule has 1 heterocycles. The lowest BCUT2D eigenvalue weighted by Crippen LogP contribution is -2.47. The summed E-state index contributed by atoms with van der Waals surface area (Å²) in [5.41, 5.74) is -1.90. The number of nitrogens with zero attached hydrogens (tertiary/aromatic N) is 2. The molecule has 8 nitrogen and oxygen atoms in total. The molecule has 1 aromatic heterocycles. The number of rotatable bonds is 5. The van der Waals surface area contributed by atoms with Gasteiger partial charge in [-0.2, -0.15) is 0 Å². The molecule has 0 aliphatic carbocycles. The smallest absolute Gasteiger partial charge is 0.345 e. The van der Waals surface area contributed by atoms with E-state index in [1.54, 1.807) is 48.5 Å². The largest absolute Gasteiger partial charge is 0.493 e. The molecule has 0 saturated carbocycles. The van der Waals surface area contributed by atoms with Crippen molar-refractivity contribution in [2.24, 2.45) is 0 Å². The number of hydrogen-bond acceptors (Lipinski definition) is 5. The second-order valence-electron chi connectivity index (χ2n) is 6.27. The molecule has 0 aliphatic heterocycles. The van der Waals surface area contributed by atoms with Gasteiger partial charge in [0.2, 0.25) is 0 Å². The van der Waals surface area contributed by atoms with Gasteiger partial charge in [-0.15, -0.1) is 0 Å². The second kappa shape index (κ2) is 7.96. The standard InChI is InChI=1S/C22H17N3O5/c1-29-19-14-16(12-13-18(19)30-17-10-6-3-7-11-17)25-21(27)23-20(26)24(22(25)28)15-8-4-2-5-9-15/h2-14H,1H3,(H,23,26,27). The quantitative estimate of drug-likeness (QED) is 0.552. The molecule has 0 unspecified atom stereocenters. The maximum atomic E-state index is 13.0. The summed E-state index contributed by atoms with van der Waals surface area (Å²) in [7, 11) is 1.45. The van der Waals surface area contributed by atoms with Crippen molar-refractivity contribution in [3.8, 4) is 28.6 Å². The predicted molar refractivity (Wildman–Crippen MR) is 111 cm³/mol. The summed E-state index contributed by atoms with van der Waals surface area (Å²) in [6, 6.07) is 22.1. The minimum Gasteiger partial charge on any atom is -0.493 e. The molecular formula is C22H17N3O5. The molecule has 30 heavy (non-hydrogen) atoms. The van der Waals surface area contributed by atoms with Crippen molar-refractivity contribution in [3.05, 3.63) is 110 Å². The van der Waals surface area contributed by atoms with Crippen molar-refractivity contribution in [1.29, 1.82) is 0 Å². The molecule has 0 saturated heterocycles. The average molecular weight is 403 g/mol. The Morgan fingerprint density at radius 3 is 1.93 bits per heavy atom. The number of aromatic amines is 1. The third kappa shape index (κ3) is 3.53. The Balaban J connectivity index is 1.84. The zero-order valence-corrected chi connectivity index (χ0v) is 15.9. The van der Waals surface area contributed by atoms with E-state index in [0.29, 0.717) is 22.9 Å². The predicted octanol–water partition coefficient (Wildman–Crippen LogP) is 2.48. The number of benzene rings is 3. The molecule has 0 amide bonds. The fourth-order valence-electron chi connectivity index (χ4n) is 3.00. The van der Waals surface area contributed by atoms with Crippen LogP contribution >= 0.6 is 0 Å². The maximum Gasteiger partial charge on any atom is 0.345 e. The number of para-hydroxylation sites is 2. The van der Waals surface area contributed by atoms with Crippen LogP contribution in [0, 0.1) is 0 Å². The molecule has 8 heteroatoms. The van der Waals surface area contributed by atoms with E-state index >= 15 is 0 Å². The van der Waals surface area contributed by atoms with E-state index < -0.39 is 17.1 Å². The molecular weight excluding hydrogens is 386 g/mol. The van der Waals surface area contributed by atoms with E-state index in [-0.39, 0.29) is 5.69 Å². The normalized spacial score (nSPS) is 10.6. The van der Waals surface area contributed by atoms with Gasteiger partial charge in [-0.3, -0.25) is 4.98 Å². The Hall–Kier alpha value is -4.33. The van der Waals surface area contributed by atoms with Gasteiger partial charge >= 0.3 is 17.1 Å². The first-order chi connectivity index (χ1) is 14.6. The fourth-order valence-corrected chi connectivity index (χ4v) is 3.00. The lowest BCUT2D eigenvalue weighted by Gasteiger charge is -2.13. The maximum absolute atomic E-state index is 13.0. The van der Waals surface area contributed by atoms with E-state index in [1.165, 1.54) is 19.2 Å². The van der Waals surface area contributed by atoms with Gasteiger partial charge < -0.3 is 9.47 Å². The lowest BCUT2D eigenvalue weighted by atomic mass is 10.2. The van der Waals surface area contributed by atoms with Crippen LogP contribution < -0.4 is 26.5 Å². The zero-order chi connectivity index (χ0) is 21.1. The Morgan fingerprint density at radius 2 is 1.30 bits per heavy atom. The highest BCUT2D eigenvalue weighted by Crippen LogP contribution is 2.32. The van der Waals surface area contributed by atoms with Crippen LogP contribution in [0.1, 0.15) is 0 Å². The van der Waals surface area contributed by atoms with Crippen molar-refractivity contribution >= 4 is 0 Å². The van der Waals surface area contributed by atoms with Crippen LogP contribution in [0.3, 0.4) is 0 Å². The first-order valence-electron chi connectivity index (χ1n) is 9.03. The number of methoxy groups -OCH3 is 1. The van der Waals surface area contributed by atoms with Gasteiger partial charge in [0.05, 0.1) is 18.5 Å². The number of aromatic nitrogens is 3. The first kappa shape index (κ1) is 19.0. The lowest BCUT2D eigenvalue weighted by molar-refractivity contribution is 0.378. The molecule has 4 rings (SSSR count). The van der Waals surface area contributed by atoms with E-state index in [0.717, 1.165) is 9.13 Å². The Bertz CT molecular complexity index is 1360. The van der Waals surface area contributed by atoms with Crippen molar-refractivity contribution in [3.63, 3.8) is 0 Å². The van der Waals surface area contributed by atoms with Gasteiger partial charge in [-0.25, -0.2) is 23.5 Å². The van der Waals surface area contributed by atoms with E-state index in [9.17, 15) is 14.4 Å². The molecule has 0 aliphatic rings. The van der Waals surface area contributed by atoms with Crippen LogP contribution in [0.4, 0.5) is 0 Å². The van der Waals surface area contributed by atoms with Crippen LogP contribution in [0.2, 0.25) is 0 Å². The Morgan fingerprint density at radius 1 is 0.700 bits per heavy atom. The van der Waals surface area contributed by atoms with Gasteiger partial charge in [0.25, 0.3) is 0 Å². The summed E-state index contributed by atoms with van der Waals surface area (Å²) in [6.07, 6.45) is 0. The van der Waals surface area contributed by atoms with Crippen molar-refractivity contribution in [2.45, 2.75) is 0 Å². The SMILES string of the molecule is COc1cc(-n2c(=O)[nH]c(=O)n(-c3ccccc3)c2=O)ccc1Oc1ccccc1. The summed E-state index contributed by atoms with van der Waals surface area (Å²) >= 11 is 0. The van der Waals surface area contributed by atoms with Gasteiger partial charge in [0.1, 0.15) is 5.75 Å². The van der Waals surface area contributed by atoms with Crippen molar-refractivity contribution in [1.82, 2.24) is 14.1 Å². The fraction of sp³-hybridized carbons (Fsp3) is 0.0455. The number of nitrogens with one attached hydrogen (secondary N) is 1. The van der Waals surface area contributed by atoms with Gasteiger partial charge in [0.15, 0.2) is 11.5 Å². The molecule has 4 aromatic rings. The van der Waals surface area contributed by atoms with Crippen LogP contribution in [-0.4, -0.2) is 21.2 Å². The number of ether oxygens (including phenoxy) is 2. The highest BCUT2D eigenvalue weighted by molar-refractivity contribution is 5.50. The molecule has 0 bridgehead atoms. The van der Waals surface area contributed by atoms with Crippen LogP contribution in [0.25, 0.3) is 11.4 Å². The summed E-state index contributed by atoms with van der Waals surface area (Å²) < 4.78 is 12.9. The van der Waals surface area contributed by atoms with Crippen LogP contribution in [0.5, 0.6) is 17.2 Å². The van der Waals surface area contributed by atoms with E-state index in [4.69, 9.17) is 9.47 Å². The van der Waals surface area contributed by atoms with E-state index in [2.05, 4.69) is 4.98 Å². The minimum atomic E-state index is -0.851. The first-order valence-corrected chi connectivity index (χ1v) is 9.03. The summed E-state index contributed by atoms with van der Waals surface area (Å²) in [5, 5.41) is 0. The minimum absolute atomic E-state index is 0.225. The average Bonchev–Trinajstić information content (AvgIpc) is 2.76. The topological polar surface area (TPSA) is 95.3 Å². The van der Waals surface area contributed by atoms with Crippen molar-refractivity contribution < 1.29 is 9.47 Å². The number of H-pyrrole nitrogens is 1. The summed E-state index contributed by atoms with van der Waals surface area (Å²) in [4.78, 5) is 39.9. The molecule has 0 radical (unpaired) electrons. The van der Waals surface area contributed by atoms with Gasteiger partial charge in [-0.05, 0) is 36.4 Å². The van der Waals surface area contributed by atoms with E-state index in [1.807, 2.05) is 18.2 Å². The Kier molecular flexibility index (Phi) is 5.04.